The summed E-state index contributed by atoms with van der Waals surface area (Å²) in [6.45, 7) is 1.61. The van der Waals surface area contributed by atoms with Crippen LogP contribution in [0.15, 0.2) is 41.0 Å². The van der Waals surface area contributed by atoms with Crippen LogP contribution in [0.2, 0.25) is 0 Å². The van der Waals surface area contributed by atoms with Gasteiger partial charge in [-0.15, -0.1) is 0 Å². The van der Waals surface area contributed by atoms with Gasteiger partial charge in [-0.05, 0) is 43.2 Å². The number of nitrogens with one attached hydrogen (secondary N) is 1. The van der Waals surface area contributed by atoms with E-state index in [1.165, 1.54) is 0 Å². The second-order valence-electron chi connectivity index (χ2n) is 4.62. The maximum absolute atomic E-state index is 11.0. The van der Waals surface area contributed by atoms with E-state index in [1.54, 1.807) is 13.2 Å². The third-order valence-corrected chi connectivity index (χ3v) is 3.07. The van der Waals surface area contributed by atoms with Crippen molar-refractivity contribution in [2.75, 3.05) is 0 Å². The number of furan rings is 1. The van der Waals surface area contributed by atoms with Crippen LogP contribution in [0.1, 0.15) is 18.9 Å². The molecule has 3 rings (SSSR count). The summed E-state index contributed by atoms with van der Waals surface area (Å²) in [6, 6.07) is 9.72. The van der Waals surface area contributed by atoms with Crippen LogP contribution in [0.25, 0.3) is 22.6 Å². The number of nitrogens with zero attached hydrogens (tertiary/aromatic N) is 1. The minimum Gasteiger partial charge on any atom is -0.461 e. The Labute approximate surface area is 110 Å². The van der Waals surface area contributed by atoms with E-state index in [1.807, 2.05) is 30.3 Å². The molecule has 3 aromatic rings. The second kappa shape index (κ2) is 4.72. The molecule has 0 saturated heterocycles. The summed E-state index contributed by atoms with van der Waals surface area (Å²) in [5.74, 6) is 1.66. The van der Waals surface area contributed by atoms with E-state index < -0.39 is 0 Å². The lowest BCUT2D eigenvalue weighted by Crippen LogP contribution is -1.93. The van der Waals surface area contributed by atoms with Gasteiger partial charge in [0.15, 0.2) is 11.6 Å². The van der Waals surface area contributed by atoms with Crippen molar-refractivity contribution < 1.29 is 9.21 Å². The number of fused-ring (bicyclic) bond motifs is 1. The summed E-state index contributed by atoms with van der Waals surface area (Å²) in [5, 5.41) is 0. The number of H-pyrrole nitrogens is 1. The first kappa shape index (κ1) is 11.7. The molecule has 1 aromatic carbocycles. The Bertz CT molecular complexity index is 711. The van der Waals surface area contributed by atoms with Gasteiger partial charge in [-0.3, -0.25) is 0 Å². The van der Waals surface area contributed by atoms with Crippen LogP contribution in [-0.4, -0.2) is 15.8 Å². The van der Waals surface area contributed by atoms with Gasteiger partial charge in [0.25, 0.3) is 0 Å². The van der Waals surface area contributed by atoms with Crippen LogP contribution in [0.3, 0.4) is 0 Å². The zero-order valence-corrected chi connectivity index (χ0v) is 10.6. The third-order valence-electron chi connectivity index (χ3n) is 3.07. The van der Waals surface area contributed by atoms with E-state index >= 15 is 0 Å². The number of carbonyl (C=O) groups excluding carboxylic acids is 1. The van der Waals surface area contributed by atoms with E-state index in [-0.39, 0.29) is 5.78 Å². The lowest BCUT2D eigenvalue weighted by Gasteiger charge is -1.98. The van der Waals surface area contributed by atoms with E-state index in [0.717, 1.165) is 34.6 Å². The number of aromatic nitrogens is 2. The molecule has 0 aliphatic rings. The highest BCUT2D eigenvalue weighted by atomic mass is 16.3. The monoisotopic (exact) mass is 254 g/mol. The summed E-state index contributed by atoms with van der Waals surface area (Å²) in [7, 11) is 0. The van der Waals surface area contributed by atoms with Gasteiger partial charge in [0, 0.05) is 6.42 Å². The zero-order valence-electron chi connectivity index (χ0n) is 10.6. The molecule has 19 heavy (non-hydrogen) atoms. The van der Waals surface area contributed by atoms with Gasteiger partial charge in [0.1, 0.15) is 5.78 Å². The Morgan fingerprint density at radius 2 is 2.26 bits per heavy atom. The SMILES string of the molecule is CC(=O)CCc1ccc2nc(-c3ccco3)[nH]c2c1. The molecular weight excluding hydrogens is 240 g/mol. The fraction of sp³-hybridized carbons (Fsp3) is 0.200. The fourth-order valence-electron chi connectivity index (χ4n) is 2.06. The van der Waals surface area contributed by atoms with Gasteiger partial charge in [-0.2, -0.15) is 0 Å². The van der Waals surface area contributed by atoms with Gasteiger partial charge in [-0.25, -0.2) is 4.98 Å². The first-order valence-corrected chi connectivity index (χ1v) is 6.24. The second-order valence-corrected chi connectivity index (χ2v) is 4.62. The average Bonchev–Trinajstić information content (AvgIpc) is 3.04. The molecule has 0 radical (unpaired) electrons. The number of aryl methyl sites for hydroxylation is 1. The normalized spacial score (nSPS) is 11.0. The minimum absolute atomic E-state index is 0.209. The van der Waals surface area contributed by atoms with Gasteiger partial charge in [0.2, 0.25) is 0 Å². The predicted molar refractivity (Wildman–Crippen MR) is 72.8 cm³/mol. The van der Waals surface area contributed by atoms with Crippen LogP contribution in [0.5, 0.6) is 0 Å². The van der Waals surface area contributed by atoms with Crippen molar-refractivity contribution in [2.24, 2.45) is 0 Å². The molecule has 2 heterocycles. The van der Waals surface area contributed by atoms with E-state index in [4.69, 9.17) is 4.42 Å². The summed E-state index contributed by atoms with van der Waals surface area (Å²) < 4.78 is 5.32. The Hall–Kier alpha value is -2.36. The number of ketones is 1. The maximum atomic E-state index is 11.0. The van der Waals surface area contributed by atoms with Crippen molar-refractivity contribution >= 4 is 16.8 Å². The standard InChI is InChI=1S/C15H14N2O2/c1-10(18)4-5-11-6-7-12-13(9-11)17-15(16-12)14-3-2-8-19-14/h2-3,6-9H,4-5H2,1H3,(H,16,17). The summed E-state index contributed by atoms with van der Waals surface area (Å²) in [6.07, 6.45) is 2.96. The number of aromatic amines is 1. The smallest absolute Gasteiger partial charge is 0.174 e. The first-order chi connectivity index (χ1) is 9.22. The van der Waals surface area contributed by atoms with Gasteiger partial charge >= 0.3 is 0 Å². The first-order valence-electron chi connectivity index (χ1n) is 6.24. The molecule has 0 amide bonds. The molecule has 4 heteroatoms. The summed E-state index contributed by atoms with van der Waals surface area (Å²) >= 11 is 0. The van der Waals surface area contributed by atoms with Crippen LogP contribution < -0.4 is 0 Å². The maximum Gasteiger partial charge on any atom is 0.174 e. The molecule has 1 N–H and O–H groups in total. The molecule has 0 fully saturated rings. The third kappa shape index (κ3) is 2.42. The molecule has 0 bridgehead atoms. The van der Waals surface area contributed by atoms with Crippen LogP contribution >= 0.6 is 0 Å². The Kier molecular flexibility index (Phi) is 2.91. The number of benzene rings is 1. The van der Waals surface area contributed by atoms with Crippen molar-refractivity contribution in [3.8, 4) is 11.6 Å². The lowest BCUT2D eigenvalue weighted by molar-refractivity contribution is -0.116. The largest absolute Gasteiger partial charge is 0.461 e. The van der Waals surface area contributed by atoms with Crippen molar-refractivity contribution in [1.82, 2.24) is 9.97 Å². The van der Waals surface area contributed by atoms with Crippen molar-refractivity contribution in [3.05, 3.63) is 42.2 Å². The van der Waals surface area contributed by atoms with E-state index in [0.29, 0.717) is 6.42 Å². The highest BCUT2D eigenvalue weighted by molar-refractivity contribution is 5.80. The van der Waals surface area contributed by atoms with Crippen LogP contribution in [0, 0.1) is 0 Å². The fourth-order valence-corrected chi connectivity index (χ4v) is 2.06. The average molecular weight is 254 g/mol. The quantitative estimate of drug-likeness (QED) is 0.776. The minimum atomic E-state index is 0.209. The molecule has 0 unspecified atom stereocenters. The molecular formula is C15H14N2O2. The molecule has 0 spiro atoms. The number of carbonyl (C=O) groups is 1. The molecule has 4 nitrogen and oxygen atoms in total. The highest BCUT2D eigenvalue weighted by Crippen LogP contribution is 2.21. The van der Waals surface area contributed by atoms with Gasteiger partial charge in [0.05, 0.1) is 17.3 Å². The topological polar surface area (TPSA) is 58.9 Å². The van der Waals surface area contributed by atoms with E-state index in [2.05, 4.69) is 9.97 Å². The molecule has 0 saturated carbocycles. The Morgan fingerprint density at radius 3 is 3.00 bits per heavy atom. The number of hydrogen-bond acceptors (Lipinski definition) is 3. The number of hydrogen-bond donors (Lipinski definition) is 1. The zero-order chi connectivity index (χ0) is 13.2. The Morgan fingerprint density at radius 1 is 1.37 bits per heavy atom. The Balaban J connectivity index is 1.93. The van der Waals surface area contributed by atoms with Crippen molar-refractivity contribution in [3.63, 3.8) is 0 Å². The van der Waals surface area contributed by atoms with Gasteiger partial charge < -0.3 is 14.2 Å². The molecule has 2 aromatic heterocycles. The predicted octanol–water partition coefficient (Wildman–Crippen LogP) is 3.34. The van der Waals surface area contributed by atoms with Crippen LogP contribution in [-0.2, 0) is 11.2 Å². The summed E-state index contributed by atoms with van der Waals surface area (Å²) in [4.78, 5) is 18.7. The van der Waals surface area contributed by atoms with Gasteiger partial charge in [-0.1, -0.05) is 6.07 Å². The molecule has 0 atom stereocenters. The van der Waals surface area contributed by atoms with Crippen LogP contribution in [0.4, 0.5) is 0 Å². The number of Topliss-reactive ketones (excluding diaryl/α,β-unsaturated/α-hetero) is 1. The molecule has 0 aliphatic carbocycles. The molecule has 0 aliphatic heterocycles. The molecule has 96 valence electrons. The number of imidazole rings is 1. The summed E-state index contributed by atoms with van der Waals surface area (Å²) in [5.41, 5.74) is 3.00. The van der Waals surface area contributed by atoms with Crippen molar-refractivity contribution in [2.45, 2.75) is 19.8 Å². The lowest BCUT2D eigenvalue weighted by atomic mass is 10.1. The van der Waals surface area contributed by atoms with Crippen molar-refractivity contribution in [1.29, 1.82) is 0 Å². The highest BCUT2D eigenvalue weighted by Gasteiger charge is 2.08. The number of rotatable bonds is 4. The van der Waals surface area contributed by atoms with E-state index in [9.17, 15) is 4.79 Å².